The van der Waals surface area contributed by atoms with Crippen LogP contribution in [0.4, 0.5) is 27.8 Å². The standard InChI is InChI=1S/C28H20F5N3O2/c1-13-19(23(31)25(33)24(32)22(13)30)12-21(38)36(2)28-26(14-3-7-17(37)8-4-14)35-27-18-9-6-16(29)11-15(18)5-10-20(27)34-28/h3-4,6-9,11,37H,5,10,12H2,1-2H3. The predicted molar refractivity (Wildman–Crippen MR) is 130 cm³/mol. The fourth-order valence-electron chi connectivity index (χ4n) is 4.54. The van der Waals surface area contributed by atoms with Crippen molar-refractivity contribution in [1.82, 2.24) is 9.97 Å². The summed E-state index contributed by atoms with van der Waals surface area (Å²) in [4.78, 5) is 23.8. The second-order valence-corrected chi connectivity index (χ2v) is 9.03. The van der Waals surface area contributed by atoms with E-state index in [2.05, 4.69) is 4.98 Å². The Labute approximate surface area is 214 Å². The molecule has 1 aliphatic rings. The number of phenols is 1. The van der Waals surface area contributed by atoms with Crippen LogP contribution in [-0.2, 0) is 24.1 Å². The Kier molecular flexibility index (Phi) is 6.34. The zero-order valence-corrected chi connectivity index (χ0v) is 20.2. The number of benzene rings is 3. The first-order valence-corrected chi connectivity index (χ1v) is 11.6. The molecule has 38 heavy (non-hydrogen) atoms. The van der Waals surface area contributed by atoms with Crippen LogP contribution in [0.25, 0.3) is 22.5 Å². The maximum Gasteiger partial charge on any atom is 0.232 e. The minimum Gasteiger partial charge on any atom is -0.508 e. The average Bonchev–Trinajstić information content (AvgIpc) is 2.92. The summed E-state index contributed by atoms with van der Waals surface area (Å²) in [5.74, 6) is -8.21. The molecule has 1 N–H and O–H groups in total. The molecule has 1 aliphatic carbocycles. The number of carbonyl (C=O) groups excluding carboxylic acids is 1. The van der Waals surface area contributed by atoms with Crippen LogP contribution in [0.3, 0.4) is 0 Å². The fourth-order valence-corrected chi connectivity index (χ4v) is 4.54. The highest BCUT2D eigenvalue weighted by Gasteiger charge is 2.29. The smallest absolute Gasteiger partial charge is 0.232 e. The molecule has 5 nitrogen and oxygen atoms in total. The second-order valence-electron chi connectivity index (χ2n) is 9.03. The summed E-state index contributed by atoms with van der Waals surface area (Å²) in [7, 11) is 1.36. The molecule has 0 saturated heterocycles. The molecule has 0 aliphatic heterocycles. The number of anilines is 1. The van der Waals surface area contributed by atoms with Crippen molar-refractivity contribution in [2.45, 2.75) is 26.2 Å². The lowest BCUT2D eigenvalue weighted by molar-refractivity contribution is -0.117. The Balaban J connectivity index is 1.61. The van der Waals surface area contributed by atoms with E-state index >= 15 is 0 Å². The van der Waals surface area contributed by atoms with Crippen molar-refractivity contribution in [3.63, 3.8) is 0 Å². The van der Waals surface area contributed by atoms with Gasteiger partial charge in [0.15, 0.2) is 29.1 Å². The van der Waals surface area contributed by atoms with Crippen molar-refractivity contribution in [3.05, 3.63) is 93.9 Å². The van der Waals surface area contributed by atoms with E-state index in [0.29, 0.717) is 35.4 Å². The Bertz CT molecular complexity index is 1580. The number of halogens is 5. The Hall–Kier alpha value is -4.34. The number of amides is 1. The molecule has 0 saturated carbocycles. The molecule has 0 bridgehead atoms. The lowest BCUT2D eigenvalue weighted by atomic mass is 9.91. The van der Waals surface area contributed by atoms with Crippen LogP contribution in [0.1, 0.15) is 22.4 Å². The largest absolute Gasteiger partial charge is 0.508 e. The van der Waals surface area contributed by atoms with Gasteiger partial charge in [-0.3, -0.25) is 9.69 Å². The number of nitrogens with zero attached hydrogens (tertiary/aromatic N) is 3. The number of hydrogen-bond acceptors (Lipinski definition) is 4. The van der Waals surface area contributed by atoms with Crippen LogP contribution < -0.4 is 4.90 Å². The number of fused-ring (bicyclic) bond motifs is 3. The highest BCUT2D eigenvalue weighted by atomic mass is 19.2. The third kappa shape index (κ3) is 4.25. The van der Waals surface area contributed by atoms with E-state index in [-0.39, 0.29) is 23.1 Å². The molecule has 1 amide bonds. The molecular formula is C28H20F5N3O2. The van der Waals surface area contributed by atoms with Crippen molar-refractivity contribution < 1.29 is 31.9 Å². The molecule has 1 aromatic heterocycles. The molecule has 5 rings (SSSR count). The minimum absolute atomic E-state index is 0.00205. The van der Waals surface area contributed by atoms with Gasteiger partial charge in [0.05, 0.1) is 17.8 Å². The first kappa shape index (κ1) is 25.3. The van der Waals surface area contributed by atoms with Crippen molar-refractivity contribution in [2.75, 3.05) is 11.9 Å². The van der Waals surface area contributed by atoms with E-state index in [1.54, 1.807) is 18.2 Å². The van der Waals surface area contributed by atoms with E-state index in [4.69, 9.17) is 4.98 Å². The van der Waals surface area contributed by atoms with Crippen molar-refractivity contribution in [1.29, 1.82) is 0 Å². The van der Waals surface area contributed by atoms with Gasteiger partial charge in [0.25, 0.3) is 0 Å². The SMILES string of the molecule is Cc1c(F)c(F)c(F)c(F)c1CC(=O)N(C)c1nc2c(nc1-c1ccc(O)cc1)-c1ccc(F)cc1CC2. The molecule has 4 aromatic rings. The van der Waals surface area contributed by atoms with Crippen LogP contribution in [-0.4, -0.2) is 28.0 Å². The molecule has 0 unspecified atom stereocenters. The number of aromatic nitrogens is 2. The van der Waals surface area contributed by atoms with Crippen LogP contribution in [0, 0.1) is 36.0 Å². The van der Waals surface area contributed by atoms with Gasteiger partial charge in [-0.15, -0.1) is 0 Å². The topological polar surface area (TPSA) is 66.3 Å². The Morgan fingerprint density at radius 3 is 2.29 bits per heavy atom. The van der Waals surface area contributed by atoms with Gasteiger partial charge in [-0.05, 0) is 73.4 Å². The second kappa shape index (κ2) is 9.51. The van der Waals surface area contributed by atoms with E-state index in [1.165, 1.54) is 31.3 Å². The van der Waals surface area contributed by atoms with E-state index in [9.17, 15) is 31.9 Å². The summed E-state index contributed by atoms with van der Waals surface area (Å²) >= 11 is 0. The van der Waals surface area contributed by atoms with Gasteiger partial charge in [0, 0.05) is 23.7 Å². The summed E-state index contributed by atoms with van der Waals surface area (Å²) in [5, 5.41) is 9.74. The predicted octanol–water partition coefficient (Wildman–Crippen LogP) is 5.82. The zero-order chi connectivity index (χ0) is 27.3. The summed E-state index contributed by atoms with van der Waals surface area (Å²) in [5.41, 5.74) is 2.11. The van der Waals surface area contributed by atoms with Crippen molar-refractivity contribution in [3.8, 4) is 28.3 Å². The van der Waals surface area contributed by atoms with Gasteiger partial charge < -0.3 is 5.11 Å². The van der Waals surface area contributed by atoms with Crippen molar-refractivity contribution in [2.24, 2.45) is 0 Å². The van der Waals surface area contributed by atoms with Gasteiger partial charge in [0.1, 0.15) is 17.3 Å². The maximum absolute atomic E-state index is 14.5. The Morgan fingerprint density at radius 2 is 1.58 bits per heavy atom. The fraction of sp³-hybridized carbons (Fsp3) is 0.179. The first-order chi connectivity index (χ1) is 18.1. The molecule has 10 heteroatoms. The molecule has 0 atom stereocenters. The number of hydrogen-bond donors (Lipinski definition) is 1. The van der Waals surface area contributed by atoms with Gasteiger partial charge in [-0.25, -0.2) is 31.9 Å². The monoisotopic (exact) mass is 525 g/mol. The molecule has 0 spiro atoms. The van der Waals surface area contributed by atoms with Crippen molar-refractivity contribution >= 4 is 11.7 Å². The Morgan fingerprint density at radius 1 is 0.895 bits per heavy atom. The number of aryl methyl sites for hydroxylation is 2. The molecule has 1 heterocycles. The van der Waals surface area contributed by atoms with Gasteiger partial charge in [-0.2, -0.15) is 0 Å². The summed E-state index contributed by atoms with van der Waals surface area (Å²) < 4.78 is 69.9. The van der Waals surface area contributed by atoms with Gasteiger partial charge in [-0.1, -0.05) is 0 Å². The van der Waals surface area contributed by atoms with E-state index in [0.717, 1.165) is 17.4 Å². The quantitative estimate of drug-likeness (QED) is 0.207. The number of aromatic hydroxyl groups is 1. The molecular weight excluding hydrogens is 505 g/mol. The maximum atomic E-state index is 14.5. The lowest BCUT2D eigenvalue weighted by Crippen LogP contribution is -2.31. The van der Waals surface area contributed by atoms with Gasteiger partial charge in [0.2, 0.25) is 5.91 Å². The summed E-state index contributed by atoms with van der Waals surface area (Å²) in [6, 6.07) is 10.3. The highest BCUT2D eigenvalue weighted by molar-refractivity contribution is 5.97. The van der Waals surface area contributed by atoms with Crippen LogP contribution in [0.5, 0.6) is 5.75 Å². The number of carbonyl (C=O) groups is 1. The van der Waals surface area contributed by atoms with E-state index in [1.807, 2.05) is 0 Å². The lowest BCUT2D eigenvalue weighted by Gasteiger charge is -2.25. The molecule has 3 aromatic carbocycles. The highest BCUT2D eigenvalue weighted by Crippen LogP contribution is 2.37. The third-order valence-electron chi connectivity index (χ3n) is 6.69. The zero-order valence-electron chi connectivity index (χ0n) is 20.2. The summed E-state index contributed by atoms with van der Waals surface area (Å²) in [6.45, 7) is 1.06. The van der Waals surface area contributed by atoms with Crippen LogP contribution in [0.15, 0.2) is 42.5 Å². The van der Waals surface area contributed by atoms with E-state index < -0.39 is 46.7 Å². The number of rotatable bonds is 4. The van der Waals surface area contributed by atoms with Crippen LogP contribution in [0.2, 0.25) is 0 Å². The third-order valence-corrected chi connectivity index (χ3v) is 6.69. The van der Waals surface area contributed by atoms with Gasteiger partial charge >= 0.3 is 0 Å². The number of phenolic OH excluding ortho intramolecular Hbond substituents is 1. The molecule has 0 radical (unpaired) electrons. The summed E-state index contributed by atoms with van der Waals surface area (Å²) in [6.07, 6.45) is 0.132. The molecule has 194 valence electrons. The normalized spacial score (nSPS) is 12.2. The average molecular weight is 525 g/mol. The van der Waals surface area contributed by atoms with Crippen LogP contribution >= 0.6 is 0 Å². The molecule has 0 fully saturated rings. The number of likely N-dealkylation sites (N-methyl/N-ethyl adjacent to an activating group) is 1. The first-order valence-electron chi connectivity index (χ1n) is 11.6. The minimum atomic E-state index is -1.99.